The van der Waals surface area contributed by atoms with E-state index in [1.54, 1.807) is 0 Å². The molecule has 0 saturated heterocycles. The Balaban J connectivity index is 1.61. The number of amidine groups is 1. The molecule has 28 heavy (non-hydrogen) atoms. The van der Waals surface area contributed by atoms with Crippen molar-refractivity contribution in [2.24, 2.45) is 4.99 Å². The Morgan fingerprint density at radius 3 is 2.14 bits per heavy atom. The van der Waals surface area contributed by atoms with E-state index in [0.717, 1.165) is 60.6 Å². The van der Waals surface area contributed by atoms with Crippen molar-refractivity contribution in [1.29, 1.82) is 0 Å². The van der Waals surface area contributed by atoms with Gasteiger partial charge < -0.3 is 10.6 Å². The number of alkyl halides is 3. The zero-order valence-electron chi connectivity index (χ0n) is 15.6. The summed E-state index contributed by atoms with van der Waals surface area (Å²) < 4.78 is 38.3. The van der Waals surface area contributed by atoms with Crippen molar-refractivity contribution in [3.63, 3.8) is 0 Å². The lowest BCUT2D eigenvalue weighted by atomic mass is 9.86. The van der Waals surface area contributed by atoms with Crippen LogP contribution in [0, 0.1) is 0 Å². The normalized spacial score (nSPS) is 20.2. The number of benzene rings is 2. The number of nitrogens with zero attached hydrogens (tertiary/aromatic N) is 1. The van der Waals surface area contributed by atoms with Crippen LogP contribution in [0.5, 0.6) is 0 Å². The molecular weight excluding hydrogens is 363 g/mol. The minimum Gasteiger partial charge on any atom is -0.371 e. The van der Waals surface area contributed by atoms with E-state index in [2.05, 4.69) is 16.7 Å². The summed E-state index contributed by atoms with van der Waals surface area (Å²) >= 11 is 0. The summed E-state index contributed by atoms with van der Waals surface area (Å²) in [5, 5.41) is 7.22. The second-order valence-electron chi connectivity index (χ2n) is 7.65. The van der Waals surface area contributed by atoms with Gasteiger partial charge in [-0.15, -0.1) is 0 Å². The summed E-state index contributed by atoms with van der Waals surface area (Å²) in [5.74, 6) is 0.896. The van der Waals surface area contributed by atoms with Gasteiger partial charge in [0.2, 0.25) is 0 Å². The first-order valence-corrected chi connectivity index (χ1v) is 9.82. The van der Waals surface area contributed by atoms with Crippen molar-refractivity contribution < 1.29 is 13.2 Å². The average molecular weight is 387 g/mol. The Labute approximate surface area is 163 Å². The standard InChI is InChI=1S/C22H24F3N3/c23-22(24,25)17-11-9-16(10-12-17)15-26-20-21(13-5-1-2-6-14-21)28-19-8-4-3-7-18(19)27-20/h3-4,7-12,28H,1-2,5-6,13-15H2,(H,26,27). The Morgan fingerprint density at radius 1 is 0.857 bits per heavy atom. The minimum atomic E-state index is -4.31. The van der Waals surface area contributed by atoms with Gasteiger partial charge in [0.25, 0.3) is 0 Å². The topological polar surface area (TPSA) is 36.4 Å². The molecule has 0 atom stereocenters. The predicted octanol–water partition coefficient (Wildman–Crippen LogP) is 6.23. The maximum Gasteiger partial charge on any atom is 0.416 e. The largest absolute Gasteiger partial charge is 0.416 e. The van der Waals surface area contributed by atoms with E-state index in [9.17, 15) is 13.2 Å². The van der Waals surface area contributed by atoms with E-state index in [4.69, 9.17) is 4.99 Å². The van der Waals surface area contributed by atoms with Gasteiger partial charge in [-0.1, -0.05) is 49.9 Å². The van der Waals surface area contributed by atoms with Crippen molar-refractivity contribution in [1.82, 2.24) is 0 Å². The fraction of sp³-hybridized carbons (Fsp3) is 0.409. The molecule has 1 fully saturated rings. The molecule has 2 aromatic carbocycles. The summed E-state index contributed by atoms with van der Waals surface area (Å²) in [6.07, 6.45) is 2.40. The van der Waals surface area contributed by atoms with Crippen molar-refractivity contribution in [2.45, 2.75) is 56.8 Å². The highest BCUT2D eigenvalue weighted by molar-refractivity contribution is 6.09. The third-order valence-corrected chi connectivity index (χ3v) is 5.67. The summed E-state index contributed by atoms with van der Waals surface area (Å²) in [6.45, 7) is 0.353. The van der Waals surface area contributed by atoms with E-state index in [1.165, 1.54) is 25.0 Å². The molecule has 0 radical (unpaired) electrons. The molecule has 2 aliphatic rings. The van der Waals surface area contributed by atoms with Gasteiger partial charge >= 0.3 is 6.18 Å². The number of halogens is 3. The number of anilines is 2. The quantitative estimate of drug-likeness (QED) is 0.640. The zero-order chi connectivity index (χ0) is 19.6. The highest BCUT2D eigenvalue weighted by Gasteiger charge is 2.39. The van der Waals surface area contributed by atoms with Crippen molar-refractivity contribution >= 4 is 17.2 Å². The molecule has 0 amide bonds. The van der Waals surface area contributed by atoms with Crippen LogP contribution in [0.4, 0.5) is 24.5 Å². The summed E-state index contributed by atoms with van der Waals surface area (Å²) in [6, 6.07) is 13.3. The SMILES string of the molecule is FC(F)(F)c1ccc(CN=C2Nc3ccccc3NC23CCCCCC3)cc1. The van der Waals surface area contributed by atoms with E-state index in [0.29, 0.717) is 6.54 Å². The van der Waals surface area contributed by atoms with Gasteiger partial charge in [0, 0.05) is 0 Å². The monoisotopic (exact) mass is 387 g/mol. The Hall–Kier alpha value is -2.50. The summed E-state index contributed by atoms with van der Waals surface area (Å²) in [7, 11) is 0. The lowest BCUT2D eigenvalue weighted by Gasteiger charge is -2.41. The van der Waals surface area contributed by atoms with Crippen LogP contribution in [-0.2, 0) is 12.7 Å². The highest BCUT2D eigenvalue weighted by atomic mass is 19.4. The van der Waals surface area contributed by atoms with Crippen molar-refractivity contribution in [2.75, 3.05) is 10.6 Å². The first-order valence-electron chi connectivity index (χ1n) is 9.82. The number of para-hydroxylation sites is 2. The molecule has 1 saturated carbocycles. The predicted molar refractivity (Wildman–Crippen MR) is 107 cm³/mol. The number of hydrogen-bond acceptors (Lipinski definition) is 2. The molecule has 1 aliphatic carbocycles. The average Bonchev–Trinajstić information content (AvgIpc) is 2.92. The number of fused-ring (bicyclic) bond motifs is 1. The number of rotatable bonds is 2. The number of aliphatic imine (C=N–C) groups is 1. The second kappa shape index (κ2) is 7.49. The molecule has 0 aromatic heterocycles. The molecular formula is C22H24F3N3. The summed E-state index contributed by atoms with van der Waals surface area (Å²) in [5.41, 5.74) is 1.98. The van der Waals surface area contributed by atoms with Crippen molar-refractivity contribution in [3.05, 3.63) is 59.7 Å². The van der Waals surface area contributed by atoms with Crippen LogP contribution in [0.3, 0.4) is 0 Å². The smallest absolute Gasteiger partial charge is 0.371 e. The van der Waals surface area contributed by atoms with Crippen LogP contribution in [-0.4, -0.2) is 11.4 Å². The minimum absolute atomic E-state index is 0.225. The lowest BCUT2D eigenvalue weighted by molar-refractivity contribution is -0.137. The fourth-order valence-corrected chi connectivity index (χ4v) is 4.12. The van der Waals surface area contributed by atoms with E-state index in [-0.39, 0.29) is 5.54 Å². The Kier molecular flexibility index (Phi) is 5.04. The molecule has 3 nitrogen and oxygen atoms in total. The third kappa shape index (κ3) is 3.86. The van der Waals surface area contributed by atoms with Gasteiger partial charge in [-0.2, -0.15) is 13.2 Å². The molecule has 1 aliphatic heterocycles. The molecule has 148 valence electrons. The first kappa shape index (κ1) is 18.8. The van der Waals surface area contributed by atoms with Gasteiger partial charge in [-0.05, 0) is 42.7 Å². The maximum atomic E-state index is 12.8. The highest BCUT2D eigenvalue weighted by Crippen LogP contribution is 2.39. The molecule has 0 unspecified atom stereocenters. The fourth-order valence-electron chi connectivity index (χ4n) is 4.12. The first-order chi connectivity index (χ1) is 13.5. The second-order valence-corrected chi connectivity index (χ2v) is 7.65. The van der Waals surface area contributed by atoms with Crippen LogP contribution in [0.1, 0.15) is 49.7 Å². The summed E-state index contributed by atoms with van der Waals surface area (Å²) in [4.78, 5) is 4.82. The van der Waals surface area contributed by atoms with Gasteiger partial charge in [0.15, 0.2) is 0 Å². The molecule has 2 aromatic rings. The molecule has 6 heteroatoms. The van der Waals surface area contributed by atoms with Gasteiger partial charge in [-0.25, -0.2) is 0 Å². The molecule has 2 N–H and O–H groups in total. The van der Waals surface area contributed by atoms with Crippen LogP contribution in [0.2, 0.25) is 0 Å². The Bertz CT molecular complexity index is 848. The molecule has 0 bridgehead atoms. The van der Waals surface area contributed by atoms with E-state index >= 15 is 0 Å². The van der Waals surface area contributed by atoms with Gasteiger partial charge in [-0.3, -0.25) is 4.99 Å². The van der Waals surface area contributed by atoms with Crippen LogP contribution in [0.15, 0.2) is 53.5 Å². The number of nitrogens with one attached hydrogen (secondary N) is 2. The van der Waals surface area contributed by atoms with Crippen LogP contribution < -0.4 is 10.6 Å². The zero-order valence-corrected chi connectivity index (χ0v) is 15.6. The van der Waals surface area contributed by atoms with Crippen LogP contribution in [0.25, 0.3) is 0 Å². The molecule has 1 heterocycles. The maximum absolute atomic E-state index is 12.8. The van der Waals surface area contributed by atoms with E-state index < -0.39 is 11.7 Å². The molecule has 4 rings (SSSR count). The number of hydrogen-bond donors (Lipinski definition) is 2. The van der Waals surface area contributed by atoms with E-state index in [1.807, 2.05) is 18.2 Å². The lowest BCUT2D eigenvalue weighted by Crippen LogP contribution is -2.52. The third-order valence-electron chi connectivity index (χ3n) is 5.67. The Morgan fingerprint density at radius 2 is 1.50 bits per heavy atom. The van der Waals surface area contributed by atoms with Crippen LogP contribution >= 0.6 is 0 Å². The molecule has 1 spiro atoms. The van der Waals surface area contributed by atoms with Gasteiger partial charge in [0.1, 0.15) is 5.84 Å². The van der Waals surface area contributed by atoms with Gasteiger partial charge in [0.05, 0.1) is 29.0 Å². The van der Waals surface area contributed by atoms with Crippen molar-refractivity contribution in [3.8, 4) is 0 Å².